The lowest BCUT2D eigenvalue weighted by Gasteiger charge is -2.14. The Bertz CT molecular complexity index is 132. The molecule has 0 radical (unpaired) electrons. The average Bonchev–Trinajstić information content (AvgIpc) is 2.69. The maximum absolute atomic E-state index is 5.91. The van der Waals surface area contributed by atoms with Crippen LogP contribution in [0.5, 0.6) is 0 Å². The Morgan fingerprint density at radius 3 is 2.86 bits per heavy atom. The first-order chi connectivity index (χ1) is 6.86. The first kappa shape index (κ1) is 12.3. The molecule has 0 aromatic carbocycles. The summed E-state index contributed by atoms with van der Waals surface area (Å²) in [5.41, 5.74) is 0. The predicted octanol–water partition coefficient (Wildman–Crippen LogP) is 3.99. The molecular weight excluding hydrogens is 196 g/mol. The third-order valence-corrected chi connectivity index (χ3v) is 3.51. The molecule has 14 heavy (non-hydrogen) atoms. The lowest BCUT2D eigenvalue weighted by atomic mass is 9.97. The summed E-state index contributed by atoms with van der Waals surface area (Å²) in [7, 11) is 0. The van der Waals surface area contributed by atoms with E-state index in [-0.39, 0.29) is 0 Å². The third kappa shape index (κ3) is 4.65. The lowest BCUT2D eigenvalue weighted by molar-refractivity contribution is 0.101. The van der Waals surface area contributed by atoms with Gasteiger partial charge in [-0.3, -0.25) is 0 Å². The van der Waals surface area contributed by atoms with E-state index >= 15 is 0 Å². The molecule has 1 fully saturated rings. The van der Waals surface area contributed by atoms with Crippen LogP contribution >= 0.6 is 11.6 Å². The van der Waals surface area contributed by atoms with Crippen molar-refractivity contribution in [2.45, 2.75) is 58.0 Å². The molecule has 0 aromatic heterocycles. The highest BCUT2D eigenvalue weighted by molar-refractivity contribution is 6.18. The van der Waals surface area contributed by atoms with E-state index in [9.17, 15) is 0 Å². The summed E-state index contributed by atoms with van der Waals surface area (Å²) in [6.45, 7) is 3.22. The van der Waals surface area contributed by atoms with Crippen molar-refractivity contribution >= 4 is 11.6 Å². The molecule has 1 rings (SSSR count). The van der Waals surface area contributed by atoms with Gasteiger partial charge in [0.1, 0.15) is 0 Å². The van der Waals surface area contributed by atoms with Crippen LogP contribution in [-0.4, -0.2) is 18.6 Å². The molecule has 1 heterocycles. The van der Waals surface area contributed by atoms with Gasteiger partial charge in [-0.15, -0.1) is 11.6 Å². The fraction of sp³-hybridized carbons (Fsp3) is 1.00. The van der Waals surface area contributed by atoms with Gasteiger partial charge in [0.05, 0.1) is 6.10 Å². The zero-order valence-corrected chi connectivity index (χ0v) is 10.1. The van der Waals surface area contributed by atoms with Gasteiger partial charge in [0.2, 0.25) is 0 Å². The molecule has 2 heteroatoms. The Balaban J connectivity index is 2.00. The van der Waals surface area contributed by atoms with E-state index in [0.29, 0.717) is 6.10 Å². The standard InChI is InChI=1S/C12H23ClO/c1-2-5-11(10-13)6-3-7-12-8-4-9-14-12/h11-12H,2-10H2,1H3. The van der Waals surface area contributed by atoms with E-state index in [1.165, 1.54) is 44.9 Å². The van der Waals surface area contributed by atoms with E-state index < -0.39 is 0 Å². The molecule has 0 aromatic rings. The van der Waals surface area contributed by atoms with Gasteiger partial charge in [0, 0.05) is 12.5 Å². The zero-order valence-electron chi connectivity index (χ0n) is 9.30. The second kappa shape index (κ2) is 7.53. The number of alkyl halides is 1. The fourth-order valence-electron chi connectivity index (χ4n) is 2.21. The summed E-state index contributed by atoms with van der Waals surface area (Å²) < 4.78 is 5.60. The molecule has 2 unspecified atom stereocenters. The summed E-state index contributed by atoms with van der Waals surface area (Å²) in [6.07, 6.45) is 9.48. The second-order valence-corrected chi connectivity index (χ2v) is 4.68. The molecule has 2 atom stereocenters. The van der Waals surface area contributed by atoms with Crippen molar-refractivity contribution in [2.75, 3.05) is 12.5 Å². The van der Waals surface area contributed by atoms with Crippen LogP contribution in [0.15, 0.2) is 0 Å². The Kier molecular flexibility index (Phi) is 6.63. The fourth-order valence-corrected chi connectivity index (χ4v) is 2.52. The van der Waals surface area contributed by atoms with E-state index in [2.05, 4.69) is 6.92 Å². The number of ether oxygens (including phenoxy) is 1. The minimum Gasteiger partial charge on any atom is -0.378 e. The number of rotatable bonds is 7. The molecule has 1 saturated heterocycles. The Labute approximate surface area is 93.2 Å². The maximum Gasteiger partial charge on any atom is 0.0576 e. The molecule has 1 aliphatic rings. The van der Waals surface area contributed by atoms with E-state index in [0.717, 1.165) is 18.4 Å². The molecule has 0 saturated carbocycles. The van der Waals surface area contributed by atoms with Crippen LogP contribution in [-0.2, 0) is 4.74 Å². The van der Waals surface area contributed by atoms with Crippen molar-refractivity contribution < 1.29 is 4.74 Å². The molecule has 0 N–H and O–H groups in total. The summed E-state index contributed by atoms with van der Waals surface area (Å²) in [5.74, 6) is 1.57. The quantitative estimate of drug-likeness (QED) is 0.588. The van der Waals surface area contributed by atoms with Gasteiger partial charge in [0.15, 0.2) is 0 Å². The SMILES string of the molecule is CCCC(CCl)CCCC1CCCO1. The molecule has 1 nitrogen and oxygen atoms in total. The lowest BCUT2D eigenvalue weighted by Crippen LogP contribution is -2.07. The van der Waals surface area contributed by atoms with Crippen LogP contribution in [0, 0.1) is 5.92 Å². The minimum atomic E-state index is 0.563. The topological polar surface area (TPSA) is 9.23 Å². The van der Waals surface area contributed by atoms with E-state index in [4.69, 9.17) is 16.3 Å². The number of hydrogen-bond donors (Lipinski definition) is 0. The highest BCUT2D eigenvalue weighted by atomic mass is 35.5. The van der Waals surface area contributed by atoms with Crippen molar-refractivity contribution in [1.82, 2.24) is 0 Å². The summed E-state index contributed by atoms with van der Waals surface area (Å²) >= 11 is 5.91. The Hall–Kier alpha value is 0.250. The van der Waals surface area contributed by atoms with Crippen molar-refractivity contribution in [1.29, 1.82) is 0 Å². The van der Waals surface area contributed by atoms with Crippen LogP contribution in [0.4, 0.5) is 0 Å². The maximum atomic E-state index is 5.91. The van der Waals surface area contributed by atoms with E-state index in [1.54, 1.807) is 0 Å². The average molecular weight is 219 g/mol. The van der Waals surface area contributed by atoms with E-state index in [1.807, 2.05) is 0 Å². The van der Waals surface area contributed by atoms with Crippen LogP contribution < -0.4 is 0 Å². The monoisotopic (exact) mass is 218 g/mol. The second-order valence-electron chi connectivity index (χ2n) is 4.37. The smallest absolute Gasteiger partial charge is 0.0576 e. The van der Waals surface area contributed by atoms with Crippen LogP contribution in [0.3, 0.4) is 0 Å². The molecule has 0 bridgehead atoms. The molecule has 1 aliphatic heterocycles. The third-order valence-electron chi connectivity index (χ3n) is 3.08. The van der Waals surface area contributed by atoms with Crippen LogP contribution in [0.25, 0.3) is 0 Å². The van der Waals surface area contributed by atoms with Crippen LogP contribution in [0.2, 0.25) is 0 Å². The normalized spacial score (nSPS) is 24.0. The van der Waals surface area contributed by atoms with Crippen molar-refractivity contribution in [3.63, 3.8) is 0 Å². The van der Waals surface area contributed by atoms with Gasteiger partial charge in [0.25, 0.3) is 0 Å². The first-order valence-corrected chi connectivity index (χ1v) is 6.57. The predicted molar refractivity (Wildman–Crippen MR) is 61.9 cm³/mol. The first-order valence-electron chi connectivity index (χ1n) is 6.04. The molecule has 0 aliphatic carbocycles. The van der Waals surface area contributed by atoms with Crippen molar-refractivity contribution in [2.24, 2.45) is 5.92 Å². The molecule has 0 spiro atoms. The minimum absolute atomic E-state index is 0.563. The van der Waals surface area contributed by atoms with Gasteiger partial charge in [-0.25, -0.2) is 0 Å². The molecule has 0 amide bonds. The molecular formula is C12H23ClO. The summed E-state index contributed by atoms with van der Waals surface area (Å²) in [6, 6.07) is 0. The van der Waals surface area contributed by atoms with Gasteiger partial charge in [-0.1, -0.05) is 19.8 Å². The van der Waals surface area contributed by atoms with Gasteiger partial charge in [-0.2, -0.15) is 0 Å². The van der Waals surface area contributed by atoms with Gasteiger partial charge in [-0.05, 0) is 38.0 Å². The summed E-state index contributed by atoms with van der Waals surface area (Å²) in [5, 5.41) is 0. The zero-order chi connectivity index (χ0) is 10.2. The molecule has 84 valence electrons. The highest BCUT2D eigenvalue weighted by Gasteiger charge is 2.15. The largest absolute Gasteiger partial charge is 0.378 e. The summed E-state index contributed by atoms with van der Waals surface area (Å²) in [4.78, 5) is 0. The highest BCUT2D eigenvalue weighted by Crippen LogP contribution is 2.21. The Morgan fingerprint density at radius 1 is 1.43 bits per heavy atom. The van der Waals surface area contributed by atoms with Crippen LogP contribution in [0.1, 0.15) is 51.9 Å². The van der Waals surface area contributed by atoms with Gasteiger partial charge < -0.3 is 4.74 Å². The van der Waals surface area contributed by atoms with Gasteiger partial charge >= 0.3 is 0 Å². The van der Waals surface area contributed by atoms with Crippen molar-refractivity contribution in [3.05, 3.63) is 0 Å². The number of hydrogen-bond acceptors (Lipinski definition) is 1. The van der Waals surface area contributed by atoms with Crippen molar-refractivity contribution in [3.8, 4) is 0 Å². The number of halogens is 1. The Morgan fingerprint density at radius 2 is 2.29 bits per heavy atom.